The summed E-state index contributed by atoms with van der Waals surface area (Å²) in [5, 5.41) is 0. The minimum Gasteiger partial charge on any atom is -0.341 e. The minimum atomic E-state index is -6.25. The Morgan fingerprint density at radius 2 is 1.00 bits per heavy atom. The van der Waals surface area contributed by atoms with E-state index >= 15 is 0 Å². The molecule has 4 aliphatic rings. The van der Waals surface area contributed by atoms with E-state index in [9.17, 15) is 43.9 Å². The molecule has 0 aromatic carbocycles. The van der Waals surface area contributed by atoms with E-state index < -0.39 is 59.4 Å². The molecule has 4 rings (SSSR count). The molecule has 0 radical (unpaired) electrons. The van der Waals surface area contributed by atoms with Gasteiger partial charge in [-0.1, -0.05) is 11.6 Å². The van der Waals surface area contributed by atoms with Gasteiger partial charge in [0, 0.05) is 0 Å². The van der Waals surface area contributed by atoms with Gasteiger partial charge >= 0.3 is 29.6 Å². The summed E-state index contributed by atoms with van der Waals surface area (Å²) in [5.74, 6) is -40.1. The summed E-state index contributed by atoms with van der Waals surface area (Å²) in [6.45, 7) is -2.00. The highest BCUT2D eigenvalue weighted by Gasteiger charge is 3.08. The molecule has 0 N–H and O–H groups in total. The second-order valence-corrected chi connectivity index (χ2v) is 5.99. The molecule has 134 valence electrons. The Kier molecular flexibility index (Phi) is 2.90. The minimum absolute atomic E-state index is 1.000. The SMILES string of the molecule is FC1(F)C2C(F)(F)C(F)(F)C(Cl)(C1(F)F)C1(OCCO1)C2(F)F. The molecule has 2 bridgehead atoms. The molecule has 13 heteroatoms. The third-order valence-corrected chi connectivity index (χ3v) is 5.10. The van der Waals surface area contributed by atoms with Gasteiger partial charge in [-0.25, -0.2) is 0 Å². The van der Waals surface area contributed by atoms with Crippen LogP contribution in [0.4, 0.5) is 43.9 Å². The molecular formula is C10H5ClF10O2. The van der Waals surface area contributed by atoms with Gasteiger partial charge in [0.25, 0.3) is 5.79 Å². The molecule has 4 fully saturated rings. The summed E-state index contributed by atoms with van der Waals surface area (Å²) in [4.78, 5) is -5.53. The predicted molar refractivity (Wildman–Crippen MR) is 51.4 cm³/mol. The summed E-state index contributed by atoms with van der Waals surface area (Å²) in [5.41, 5.74) is 0. The van der Waals surface area contributed by atoms with Crippen molar-refractivity contribution in [3.8, 4) is 0 Å². The van der Waals surface area contributed by atoms with Crippen LogP contribution in [0.15, 0.2) is 0 Å². The third kappa shape index (κ3) is 1.26. The van der Waals surface area contributed by atoms with E-state index in [4.69, 9.17) is 11.6 Å². The van der Waals surface area contributed by atoms with Gasteiger partial charge in [-0.15, -0.1) is 0 Å². The molecule has 0 aromatic heterocycles. The van der Waals surface area contributed by atoms with Crippen LogP contribution in [0.2, 0.25) is 0 Å². The number of hydrogen-bond acceptors (Lipinski definition) is 2. The highest BCUT2D eigenvalue weighted by Crippen LogP contribution is 2.80. The van der Waals surface area contributed by atoms with Crippen molar-refractivity contribution in [3.05, 3.63) is 0 Å². The molecule has 0 amide bonds. The van der Waals surface area contributed by atoms with E-state index in [1.807, 2.05) is 0 Å². The summed E-state index contributed by atoms with van der Waals surface area (Å²) < 4.78 is 147. The van der Waals surface area contributed by atoms with Gasteiger partial charge < -0.3 is 9.47 Å². The second kappa shape index (κ2) is 3.85. The lowest BCUT2D eigenvalue weighted by atomic mass is 9.55. The van der Waals surface area contributed by atoms with Gasteiger partial charge in [0.15, 0.2) is 5.92 Å². The maximum atomic E-state index is 14.2. The van der Waals surface area contributed by atoms with Crippen molar-refractivity contribution < 1.29 is 53.4 Å². The maximum absolute atomic E-state index is 14.2. The molecule has 0 unspecified atom stereocenters. The molecule has 3 aliphatic carbocycles. The maximum Gasteiger partial charge on any atom is 0.341 e. The van der Waals surface area contributed by atoms with Crippen LogP contribution in [-0.4, -0.2) is 53.5 Å². The van der Waals surface area contributed by atoms with Gasteiger partial charge in [0.05, 0.1) is 13.2 Å². The molecule has 1 heterocycles. The quantitative estimate of drug-likeness (QED) is 0.471. The summed E-state index contributed by atoms with van der Waals surface area (Å²) in [7, 11) is 0. The van der Waals surface area contributed by atoms with Crippen LogP contribution in [0.3, 0.4) is 0 Å². The fraction of sp³-hybridized carbons (Fsp3) is 1.00. The molecule has 1 aliphatic heterocycles. The average Bonchev–Trinajstić information content (AvgIpc) is 2.84. The Balaban J connectivity index is 2.45. The highest BCUT2D eigenvalue weighted by atomic mass is 35.5. The van der Waals surface area contributed by atoms with Crippen LogP contribution in [0.5, 0.6) is 0 Å². The smallest absolute Gasteiger partial charge is 0.341 e. The monoisotopic (exact) mass is 382 g/mol. The van der Waals surface area contributed by atoms with Crippen molar-refractivity contribution in [1.82, 2.24) is 0 Å². The molecule has 0 atom stereocenters. The van der Waals surface area contributed by atoms with Crippen molar-refractivity contribution in [3.63, 3.8) is 0 Å². The Bertz CT molecular complexity index is 528. The topological polar surface area (TPSA) is 18.5 Å². The van der Waals surface area contributed by atoms with Gasteiger partial charge in [-0.3, -0.25) is 0 Å². The number of halogens is 11. The van der Waals surface area contributed by atoms with Gasteiger partial charge in [-0.2, -0.15) is 43.9 Å². The van der Waals surface area contributed by atoms with Crippen molar-refractivity contribution >= 4 is 11.6 Å². The first kappa shape index (κ1) is 17.3. The van der Waals surface area contributed by atoms with Crippen LogP contribution in [0.1, 0.15) is 0 Å². The number of alkyl halides is 11. The van der Waals surface area contributed by atoms with Crippen molar-refractivity contribution in [1.29, 1.82) is 0 Å². The van der Waals surface area contributed by atoms with E-state index in [1.165, 1.54) is 0 Å². The predicted octanol–water partition coefficient (Wildman–Crippen LogP) is 3.53. The first-order valence-electron chi connectivity index (χ1n) is 5.93. The Hall–Kier alpha value is -0.490. The molecule has 1 spiro atoms. The van der Waals surface area contributed by atoms with E-state index in [2.05, 4.69) is 9.47 Å². The average molecular weight is 383 g/mol. The summed E-state index contributed by atoms with van der Waals surface area (Å²) in [6, 6.07) is 0. The number of ether oxygens (including phenoxy) is 2. The largest absolute Gasteiger partial charge is 0.341 e. The zero-order valence-electron chi connectivity index (χ0n) is 10.5. The number of fused-ring (bicyclic) bond motifs is 2. The molecule has 3 saturated carbocycles. The van der Waals surface area contributed by atoms with Crippen LogP contribution in [0, 0.1) is 5.92 Å². The molecule has 23 heavy (non-hydrogen) atoms. The van der Waals surface area contributed by atoms with Crippen LogP contribution in [-0.2, 0) is 9.47 Å². The van der Waals surface area contributed by atoms with Gasteiger partial charge in [0.1, 0.15) is 0 Å². The Labute approximate surface area is 125 Å². The van der Waals surface area contributed by atoms with E-state index in [0.29, 0.717) is 0 Å². The van der Waals surface area contributed by atoms with Crippen LogP contribution in [0.25, 0.3) is 0 Å². The van der Waals surface area contributed by atoms with Crippen molar-refractivity contribution in [2.75, 3.05) is 13.2 Å². The molecule has 0 aromatic rings. The molecular weight excluding hydrogens is 378 g/mol. The highest BCUT2D eigenvalue weighted by molar-refractivity contribution is 6.27. The van der Waals surface area contributed by atoms with E-state index in [0.717, 1.165) is 0 Å². The first-order valence-corrected chi connectivity index (χ1v) is 6.31. The van der Waals surface area contributed by atoms with Crippen molar-refractivity contribution in [2.45, 2.75) is 40.3 Å². The third-order valence-electron chi connectivity index (χ3n) is 4.38. The number of hydrogen-bond donors (Lipinski definition) is 0. The van der Waals surface area contributed by atoms with Crippen LogP contribution < -0.4 is 0 Å². The zero-order chi connectivity index (χ0) is 17.9. The lowest BCUT2D eigenvalue weighted by molar-refractivity contribution is -0.524. The standard InChI is InChI=1S/C10H5ClF10O2/c11-7-8(18,19)4(12,13)3(5(14,15)9(7,20)21)6(16,17)10(7)22-1-2-23-10/h3H,1-2H2. The lowest BCUT2D eigenvalue weighted by Crippen LogP contribution is -2.95. The van der Waals surface area contributed by atoms with Crippen molar-refractivity contribution in [2.24, 2.45) is 5.92 Å². The second-order valence-electron chi connectivity index (χ2n) is 5.42. The first-order chi connectivity index (χ1) is 10.1. The molecule has 2 nitrogen and oxygen atoms in total. The Morgan fingerprint density at radius 1 is 0.652 bits per heavy atom. The Morgan fingerprint density at radius 3 is 1.35 bits per heavy atom. The van der Waals surface area contributed by atoms with E-state index in [-0.39, 0.29) is 0 Å². The van der Waals surface area contributed by atoms with E-state index in [1.54, 1.807) is 0 Å². The lowest BCUT2D eigenvalue weighted by Gasteiger charge is -2.66. The summed E-state index contributed by atoms with van der Waals surface area (Å²) in [6.07, 6.45) is 0. The van der Waals surface area contributed by atoms with Crippen LogP contribution >= 0.6 is 11.6 Å². The normalized spacial score (nSPS) is 43.7. The van der Waals surface area contributed by atoms with Gasteiger partial charge in [-0.05, 0) is 0 Å². The summed E-state index contributed by atoms with van der Waals surface area (Å²) >= 11 is 4.81. The fourth-order valence-electron chi connectivity index (χ4n) is 3.34. The molecule has 1 saturated heterocycles. The zero-order valence-corrected chi connectivity index (χ0v) is 11.2. The van der Waals surface area contributed by atoms with Gasteiger partial charge in [0.2, 0.25) is 4.87 Å². The number of rotatable bonds is 0. The fourth-order valence-corrected chi connectivity index (χ4v) is 3.83.